The summed E-state index contributed by atoms with van der Waals surface area (Å²) in [7, 11) is 0. The van der Waals surface area contributed by atoms with Gasteiger partial charge in [0.05, 0.1) is 5.52 Å². The normalized spacial score (nSPS) is 14.0. The van der Waals surface area contributed by atoms with Gasteiger partial charge in [-0.2, -0.15) is 0 Å². The number of carbonyl (C=O) groups is 1. The second kappa shape index (κ2) is 7.67. The zero-order valence-corrected chi connectivity index (χ0v) is 17.9. The first kappa shape index (κ1) is 20.3. The van der Waals surface area contributed by atoms with Crippen LogP contribution in [0, 0.1) is 5.82 Å². The topological polar surface area (TPSA) is 58.1 Å². The molecular formula is C24H27FN4O. The van der Waals surface area contributed by atoms with Gasteiger partial charge in [-0.25, -0.2) is 14.4 Å². The van der Waals surface area contributed by atoms with Crippen LogP contribution in [-0.2, 0) is 11.3 Å². The van der Waals surface area contributed by atoms with Gasteiger partial charge in [0.25, 0.3) is 0 Å². The van der Waals surface area contributed by atoms with E-state index in [2.05, 4.69) is 15.3 Å². The van der Waals surface area contributed by atoms with E-state index in [4.69, 9.17) is 0 Å². The fourth-order valence-electron chi connectivity index (χ4n) is 3.64. The third-order valence-electron chi connectivity index (χ3n) is 5.45. The van der Waals surface area contributed by atoms with Crippen LogP contribution in [0.15, 0.2) is 42.7 Å². The summed E-state index contributed by atoms with van der Waals surface area (Å²) in [5, 5.41) is 4.41. The molecule has 4 rings (SSSR count). The van der Waals surface area contributed by atoms with Crippen molar-refractivity contribution < 1.29 is 9.18 Å². The number of amides is 1. The Bertz CT molecular complexity index is 1100. The number of rotatable bonds is 5. The van der Waals surface area contributed by atoms with Crippen LogP contribution in [0.1, 0.15) is 46.1 Å². The summed E-state index contributed by atoms with van der Waals surface area (Å²) in [5.41, 5.74) is 2.83. The highest BCUT2D eigenvalue weighted by atomic mass is 19.1. The maximum absolute atomic E-state index is 14.6. The number of nitrogens with one attached hydrogen (secondary N) is 1. The lowest BCUT2D eigenvalue weighted by Crippen LogP contribution is -2.44. The van der Waals surface area contributed by atoms with Crippen LogP contribution in [0.2, 0.25) is 0 Å². The Morgan fingerprint density at radius 3 is 2.50 bits per heavy atom. The zero-order valence-electron chi connectivity index (χ0n) is 17.9. The van der Waals surface area contributed by atoms with Gasteiger partial charge in [0, 0.05) is 36.0 Å². The van der Waals surface area contributed by atoms with Crippen LogP contribution >= 0.6 is 0 Å². The average molecular weight is 407 g/mol. The standard InChI is InChI=1S/C24H27FN4O/c1-15(30)29(24(2,3)4)13-18-11-16(5-9-21(18)25)17-6-10-22-20(12-17)23(27-14-26-22)28-19-7-8-19/h5-6,9-12,14,19H,7-8,13H2,1-4H3,(H,26,27,28). The molecule has 1 heterocycles. The van der Waals surface area contributed by atoms with Gasteiger partial charge in [-0.3, -0.25) is 4.79 Å². The van der Waals surface area contributed by atoms with Gasteiger partial charge >= 0.3 is 0 Å². The van der Waals surface area contributed by atoms with E-state index in [-0.39, 0.29) is 18.3 Å². The first-order valence-electron chi connectivity index (χ1n) is 10.3. The van der Waals surface area contributed by atoms with Crippen LogP contribution in [0.25, 0.3) is 22.0 Å². The van der Waals surface area contributed by atoms with E-state index >= 15 is 0 Å². The highest BCUT2D eigenvalue weighted by Crippen LogP contribution is 2.31. The van der Waals surface area contributed by atoms with Crippen LogP contribution in [0.5, 0.6) is 0 Å². The number of nitrogens with zero attached hydrogens (tertiary/aromatic N) is 3. The molecule has 6 heteroatoms. The quantitative estimate of drug-likeness (QED) is 0.636. The molecule has 1 N–H and O–H groups in total. The number of hydrogen-bond acceptors (Lipinski definition) is 4. The van der Waals surface area contributed by atoms with Crippen molar-refractivity contribution in [3.8, 4) is 11.1 Å². The molecule has 0 spiro atoms. The number of benzene rings is 2. The molecule has 1 aromatic heterocycles. The Balaban J connectivity index is 1.71. The second-order valence-corrected chi connectivity index (χ2v) is 8.95. The van der Waals surface area contributed by atoms with E-state index in [1.54, 1.807) is 17.3 Å². The molecule has 156 valence electrons. The van der Waals surface area contributed by atoms with E-state index in [1.807, 2.05) is 45.0 Å². The highest BCUT2D eigenvalue weighted by Gasteiger charge is 2.25. The Morgan fingerprint density at radius 1 is 1.13 bits per heavy atom. The van der Waals surface area contributed by atoms with Gasteiger partial charge in [-0.1, -0.05) is 12.1 Å². The van der Waals surface area contributed by atoms with E-state index in [9.17, 15) is 9.18 Å². The fourth-order valence-corrected chi connectivity index (χ4v) is 3.64. The van der Waals surface area contributed by atoms with Crippen molar-refractivity contribution in [1.29, 1.82) is 0 Å². The molecule has 3 aromatic rings. The summed E-state index contributed by atoms with van der Waals surface area (Å²) in [5.74, 6) is 0.447. The molecule has 0 unspecified atom stereocenters. The molecule has 0 aliphatic heterocycles. The van der Waals surface area contributed by atoms with Crippen molar-refractivity contribution in [3.63, 3.8) is 0 Å². The maximum Gasteiger partial charge on any atom is 0.220 e. The van der Waals surface area contributed by atoms with E-state index < -0.39 is 5.54 Å². The summed E-state index contributed by atoms with van der Waals surface area (Å²) < 4.78 is 14.6. The number of fused-ring (bicyclic) bond motifs is 1. The number of anilines is 1. The van der Waals surface area contributed by atoms with E-state index in [1.165, 1.54) is 13.0 Å². The molecular weight excluding hydrogens is 379 g/mol. The summed E-state index contributed by atoms with van der Waals surface area (Å²) in [4.78, 5) is 22.6. The molecule has 1 aliphatic carbocycles. The summed E-state index contributed by atoms with van der Waals surface area (Å²) >= 11 is 0. The van der Waals surface area contributed by atoms with Crippen molar-refractivity contribution in [2.24, 2.45) is 0 Å². The second-order valence-electron chi connectivity index (χ2n) is 8.95. The Hall–Kier alpha value is -3.02. The van der Waals surface area contributed by atoms with Gasteiger partial charge < -0.3 is 10.2 Å². The summed E-state index contributed by atoms with van der Waals surface area (Å²) in [6.45, 7) is 7.60. The summed E-state index contributed by atoms with van der Waals surface area (Å²) in [6, 6.07) is 11.6. The smallest absolute Gasteiger partial charge is 0.220 e. The molecule has 1 saturated carbocycles. The minimum Gasteiger partial charge on any atom is -0.367 e. The summed E-state index contributed by atoms with van der Waals surface area (Å²) in [6.07, 6.45) is 3.89. The minimum absolute atomic E-state index is 0.0778. The lowest BCUT2D eigenvalue weighted by Gasteiger charge is -2.35. The predicted molar refractivity (Wildman–Crippen MR) is 118 cm³/mol. The number of carbonyl (C=O) groups excluding carboxylic acids is 1. The van der Waals surface area contributed by atoms with Crippen LogP contribution in [-0.4, -0.2) is 32.4 Å². The van der Waals surface area contributed by atoms with Crippen molar-refractivity contribution >= 4 is 22.6 Å². The minimum atomic E-state index is -0.391. The lowest BCUT2D eigenvalue weighted by atomic mass is 9.99. The maximum atomic E-state index is 14.6. The van der Waals surface area contributed by atoms with Crippen molar-refractivity contribution in [1.82, 2.24) is 14.9 Å². The van der Waals surface area contributed by atoms with Crippen molar-refractivity contribution in [2.75, 3.05) is 5.32 Å². The van der Waals surface area contributed by atoms with Crippen molar-refractivity contribution in [2.45, 2.75) is 58.7 Å². The lowest BCUT2D eigenvalue weighted by molar-refractivity contribution is -0.134. The molecule has 2 aromatic carbocycles. The molecule has 30 heavy (non-hydrogen) atoms. The third-order valence-corrected chi connectivity index (χ3v) is 5.45. The zero-order chi connectivity index (χ0) is 21.5. The fraction of sp³-hybridized carbons (Fsp3) is 0.375. The SMILES string of the molecule is CC(=O)N(Cc1cc(-c2ccc3ncnc(NC4CC4)c3c2)ccc1F)C(C)(C)C. The molecule has 0 atom stereocenters. The molecule has 1 amide bonds. The highest BCUT2D eigenvalue weighted by molar-refractivity contribution is 5.92. The van der Waals surface area contributed by atoms with Crippen LogP contribution in [0.3, 0.4) is 0 Å². The van der Waals surface area contributed by atoms with Gasteiger partial charge in [-0.05, 0) is 69.0 Å². The Kier molecular flexibility index (Phi) is 5.18. The van der Waals surface area contributed by atoms with Gasteiger partial charge in [0.2, 0.25) is 5.91 Å². The molecule has 1 fully saturated rings. The van der Waals surface area contributed by atoms with Crippen molar-refractivity contribution in [3.05, 3.63) is 54.1 Å². The monoisotopic (exact) mass is 406 g/mol. The van der Waals surface area contributed by atoms with Gasteiger partial charge in [0.15, 0.2) is 0 Å². The first-order valence-corrected chi connectivity index (χ1v) is 10.3. The molecule has 0 saturated heterocycles. The van der Waals surface area contributed by atoms with E-state index in [0.717, 1.165) is 40.7 Å². The van der Waals surface area contributed by atoms with Gasteiger partial charge in [-0.15, -0.1) is 0 Å². The number of hydrogen-bond donors (Lipinski definition) is 1. The number of aromatic nitrogens is 2. The van der Waals surface area contributed by atoms with Gasteiger partial charge in [0.1, 0.15) is 18.0 Å². The van der Waals surface area contributed by atoms with Crippen LogP contribution in [0.4, 0.5) is 10.2 Å². The predicted octanol–water partition coefficient (Wildman–Crippen LogP) is 5.16. The first-order chi connectivity index (χ1) is 14.2. The molecule has 1 aliphatic rings. The average Bonchev–Trinajstić information content (AvgIpc) is 3.50. The number of halogens is 1. The molecule has 0 bridgehead atoms. The molecule has 0 radical (unpaired) electrons. The Morgan fingerprint density at radius 2 is 1.83 bits per heavy atom. The molecule has 5 nitrogen and oxygen atoms in total. The Labute approximate surface area is 176 Å². The largest absolute Gasteiger partial charge is 0.367 e. The van der Waals surface area contributed by atoms with E-state index in [0.29, 0.717) is 11.6 Å². The van der Waals surface area contributed by atoms with Crippen LogP contribution < -0.4 is 5.32 Å². The third kappa shape index (κ3) is 4.27.